The van der Waals surface area contributed by atoms with Gasteiger partial charge in [0, 0.05) is 28.2 Å². The van der Waals surface area contributed by atoms with Crippen molar-refractivity contribution in [3.05, 3.63) is 77.9 Å². The Morgan fingerprint density at radius 3 is 2.30 bits per heavy atom. The van der Waals surface area contributed by atoms with Gasteiger partial charge in [-0.15, -0.1) is 0 Å². The summed E-state index contributed by atoms with van der Waals surface area (Å²) in [7, 11) is 0. The van der Waals surface area contributed by atoms with E-state index in [1.54, 1.807) is 36.5 Å². The van der Waals surface area contributed by atoms with E-state index in [-0.39, 0.29) is 6.03 Å². The lowest BCUT2D eigenvalue weighted by molar-refractivity contribution is 0.262. The number of nitrogens with zero attached hydrogens (tertiary/aromatic N) is 1. The SMILES string of the molecule is O=C(Nc1ccc(Cl)cc1)Nc1ccnc(-c2ccccc2)c1. The molecule has 0 unspecified atom stereocenters. The monoisotopic (exact) mass is 323 g/mol. The maximum atomic E-state index is 12.0. The summed E-state index contributed by atoms with van der Waals surface area (Å²) in [6.45, 7) is 0. The van der Waals surface area contributed by atoms with Crippen molar-refractivity contribution < 1.29 is 4.79 Å². The number of halogens is 1. The zero-order valence-electron chi connectivity index (χ0n) is 12.2. The highest BCUT2D eigenvalue weighted by atomic mass is 35.5. The molecule has 114 valence electrons. The smallest absolute Gasteiger partial charge is 0.308 e. The summed E-state index contributed by atoms with van der Waals surface area (Å²) in [5.41, 5.74) is 3.14. The lowest BCUT2D eigenvalue weighted by Crippen LogP contribution is -2.19. The molecule has 23 heavy (non-hydrogen) atoms. The van der Waals surface area contributed by atoms with Gasteiger partial charge in [-0.3, -0.25) is 4.98 Å². The van der Waals surface area contributed by atoms with Gasteiger partial charge < -0.3 is 10.6 Å². The van der Waals surface area contributed by atoms with Crippen molar-refractivity contribution in [1.29, 1.82) is 0 Å². The molecule has 0 atom stereocenters. The summed E-state index contributed by atoms with van der Waals surface area (Å²) in [4.78, 5) is 16.4. The molecule has 0 aliphatic rings. The van der Waals surface area contributed by atoms with Crippen LogP contribution in [0, 0.1) is 0 Å². The topological polar surface area (TPSA) is 54.0 Å². The van der Waals surface area contributed by atoms with Crippen LogP contribution in [0.3, 0.4) is 0 Å². The van der Waals surface area contributed by atoms with Gasteiger partial charge in [0.1, 0.15) is 0 Å². The van der Waals surface area contributed by atoms with Crippen LogP contribution in [0.1, 0.15) is 0 Å². The fraction of sp³-hybridized carbons (Fsp3) is 0. The molecule has 0 aliphatic heterocycles. The average Bonchev–Trinajstić information content (AvgIpc) is 2.58. The van der Waals surface area contributed by atoms with Crippen molar-refractivity contribution in [3.8, 4) is 11.3 Å². The van der Waals surface area contributed by atoms with Crippen LogP contribution < -0.4 is 10.6 Å². The van der Waals surface area contributed by atoms with E-state index < -0.39 is 0 Å². The van der Waals surface area contributed by atoms with Gasteiger partial charge >= 0.3 is 6.03 Å². The Morgan fingerprint density at radius 2 is 1.57 bits per heavy atom. The molecule has 0 radical (unpaired) electrons. The minimum atomic E-state index is -0.322. The first-order valence-electron chi connectivity index (χ1n) is 7.06. The largest absolute Gasteiger partial charge is 0.323 e. The van der Waals surface area contributed by atoms with Crippen molar-refractivity contribution >= 4 is 29.0 Å². The molecule has 0 saturated heterocycles. The van der Waals surface area contributed by atoms with Gasteiger partial charge in [-0.05, 0) is 36.4 Å². The summed E-state index contributed by atoms with van der Waals surface area (Å²) < 4.78 is 0. The van der Waals surface area contributed by atoms with Gasteiger partial charge in [-0.25, -0.2) is 4.79 Å². The molecule has 0 spiro atoms. The fourth-order valence-corrected chi connectivity index (χ4v) is 2.23. The van der Waals surface area contributed by atoms with E-state index in [0.717, 1.165) is 11.3 Å². The van der Waals surface area contributed by atoms with Gasteiger partial charge in [-0.2, -0.15) is 0 Å². The third kappa shape index (κ3) is 4.08. The van der Waals surface area contributed by atoms with Crippen LogP contribution in [0.25, 0.3) is 11.3 Å². The molecule has 5 heteroatoms. The predicted octanol–water partition coefficient (Wildman–Crippen LogP) is 5.05. The molecule has 1 aromatic heterocycles. The maximum Gasteiger partial charge on any atom is 0.323 e. The molecule has 2 amide bonds. The zero-order chi connectivity index (χ0) is 16.1. The first-order valence-corrected chi connectivity index (χ1v) is 7.43. The van der Waals surface area contributed by atoms with E-state index in [4.69, 9.17) is 11.6 Å². The van der Waals surface area contributed by atoms with Crippen LogP contribution in [0.5, 0.6) is 0 Å². The number of pyridine rings is 1. The first-order chi connectivity index (χ1) is 11.2. The number of aromatic nitrogens is 1. The van der Waals surface area contributed by atoms with Crippen LogP contribution in [-0.2, 0) is 0 Å². The molecule has 4 nitrogen and oxygen atoms in total. The second-order valence-corrected chi connectivity index (χ2v) is 5.32. The third-order valence-corrected chi connectivity index (χ3v) is 3.44. The predicted molar refractivity (Wildman–Crippen MR) is 93.8 cm³/mol. The molecule has 3 rings (SSSR count). The molecule has 3 aromatic rings. The summed E-state index contributed by atoms with van der Waals surface area (Å²) in [5.74, 6) is 0. The van der Waals surface area contributed by atoms with E-state index in [0.29, 0.717) is 16.4 Å². The molecule has 0 fully saturated rings. The Morgan fingerprint density at radius 1 is 0.870 bits per heavy atom. The quantitative estimate of drug-likeness (QED) is 0.709. The number of carbonyl (C=O) groups excluding carboxylic acids is 1. The zero-order valence-corrected chi connectivity index (χ0v) is 12.9. The van der Waals surface area contributed by atoms with Crippen LogP contribution in [0.2, 0.25) is 5.02 Å². The van der Waals surface area contributed by atoms with E-state index in [1.165, 1.54) is 0 Å². The summed E-state index contributed by atoms with van der Waals surface area (Å²) >= 11 is 5.82. The van der Waals surface area contributed by atoms with Gasteiger partial charge in [0.2, 0.25) is 0 Å². The molecule has 0 saturated carbocycles. The molecular formula is C18H14ClN3O. The van der Waals surface area contributed by atoms with Crippen molar-refractivity contribution in [2.45, 2.75) is 0 Å². The number of rotatable bonds is 3. The van der Waals surface area contributed by atoms with E-state index in [2.05, 4.69) is 15.6 Å². The minimum absolute atomic E-state index is 0.322. The highest BCUT2D eigenvalue weighted by Crippen LogP contribution is 2.20. The van der Waals surface area contributed by atoms with Crippen LogP contribution in [0.15, 0.2) is 72.9 Å². The minimum Gasteiger partial charge on any atom is -0.308 e. The fourth-order valence-electron chi connectivity index (χ4n) is 2.10. The number of benzene rings is 2. The lowest BCUT2D eigenvalue weighted by atomic mass is 10.1. The number of hydrogen-bond donors (Lipinski definition) is 2. The summed E-state index contributed by atoms with van der Waals surface area (Å²) in [5, 5.41) is 6.16. The maximum absolute atomic E-state index is 12.0. The second-order valence-electron chi connectivity index (χ2n) is 4.88. The summed E-state index contributed by atoms with van der Waals surface area (Å²) in [6, 6.07) is 20.0. The number of urea groups is 1. The Labute approximate surface area is 139 Å². The highest BCUT2D eigenvalue weighted by molar-refractivity contribution is 6.30. The Bertz CT molecular complexity index is 804. The van der Waals surface area contributed by atoms with E-state index >= 15 is 0 Å². The molecule has 2 aromatic carbocycles. The number of carbonyl (C=O) groups is 1. The normalized spacial score (nSPS) is 10.1. The van der Waals surface area contributed by atoms with E-state index in [9.17, 15) is 4.79 Å². The van der Waals surface area contributed by atoms with Crippen molar-refractivity contribution in [2.75, 3.05) is 10.6 Å². The van der Waals surface area contributed by atoms with Crippen LogP contribution in [0.4, 0.5) is 16.2 Å². The molecule has 0 aliphatic carbocycles. The summed E-state index contributed by atoms with van der Waals surface area (Å²) in [6.07, 6.45) is 1.67. The second kappa shape index (κ2) is 6.94. The molecular weight excluding hydrogens is 310 g/mol. The third-order valence-electron chi connectivity index (χ3n) is 3.19. The van der Waals surface area contributed by atoms with Crippen molar-refractivity contribution in [3.63, 3.8) is 0 Å². The Kier molecular flexibility index (Phi) is 4.54. The van der Waals surface area contributed by atoms with Gasteiger partial charge in [0.05, 0.1) is 5.69 Å². The molecule has 2 N–H and O–H groups in total. The first kappa shape index (κ1) is 15.1. The van der Waals surface area contributed by atoms with Crippen LogP contribution in [-0.4, -0.2) is 11.0 Å². The van der Waals surface area contributed by atoms with Gasteiger partial charge in [0.15, 0.2) is 0 Å². The number of amides is 2. The van der Waals surface area contributed by atoms with Gasteiger partial charge in [-0.1, -0.05) is 41.9 Å². The number of nitrogens with one attached hydrogen (secondary N) is 2. The average molecular weight is 324 g/mol. The molecule has 1 heterocycles. The van der Waals surface area contributed by atoms with Crippen molar-refractivity contribution in [2.24, 2.45) is 0 Å². The van der Waals surface area contributed by atoms with E-state index in [1.807, 2.05) is 36.4 Å². The number of anilines is 2. The molecule has 0 bridgehead atoms. The highest BCUT2D eigenvalue weighted by Gasteiger charge is 2.05. The Hall–Kier alpha value is -2.85. The van der Waals surface area contributed by atoms with Gasteiger partial charge in [0.25, 0.3) is 0 Å². The number of hydrogen-bond acceptors (Lipinski definition) is 2. The standard InChI is InChI=1S/C18H14ClN3O/c19-14-6-8-15(9-7-14)21-18(23)22-16-10-11-20-17(12-16)13-4-2-1-3-5-13/h1-12H,(H2,20,21,22,23). The van der Waals surface area contributed by atoms with Crippen molar-refractivity contribution in [1.82, 2.24) is 4.98 Å². The Balaban J connectivity index is 1.70. The van der Waals surface area contributed by atoms with Crippen LogP contribution >= 0.6 is 11.6 Å². The lowest BCUT2D eigenvalue weighted by Gasteiger charge is -2.09.